The molecule has 2 N–H and O–H groups in total. The summed E-state index contributed by atoms with van der Waals surface area (Å²) in [5.74, 6) is -0.162. The highest BCUT2D eigenvalue weighted by Crippen LogP contribution is 2.23. The SMILES string of the molecule is Cl.NCc1nc(CN2CCC(Oc3ccc(F)cc3F)CC2)no1. The van der Waals surface area contributed by atoms with Crippen molar-refractivity contribution in [1.29, 1.82) is 0 Å². The van der Waals surface area contributed by atoms with Gasteiger partial charge in [0.1, 0.15) is 11.9 Å². The normalized spacial score (nSPS) is 16.0. The third-order valence-corrected chi connectivity index (χ3v) is 3.77. The minimum Gasteiger partial charge on any atom is -0.487 e. The van der Waals surface area contributed by atoms with E-state index in [0.29, 0.717) is 18.3 Å². The van der Waals surface area contributed by atoms with Crippen molar-refractivity contribution in [3.05, 3.63) is 41.5 Å². The van der Waals surface area contributed by atoms with Gasteiger partial charge in [0.25, 0.3) is 0 Å². The number of hydrogen-bond acceptors (Lipinski definition) is 6. The molecule has 1 fully saturated rings. The molecule has 3 rings (SSSR count). The van der Waals surface area contributed by atoms with Crippen LogP contribution in [0.15, 0.2) is 22.7 Å². The smallest absolute Gasteiger partial charge is 0.240 e. The number of halogens is 3. The van der Waals surface area contributed by atoms with Gasteiger partial charge in [-0.15, -0.1) is 12.4 Å². The quantitative estimate of drug-likeness (QED) is 0.881. The largest absolute Gasteiger partial charge is 0.487 e. The number of rotatable bonds is 5. The molecule has 1 aromatic carbocycles. The summed E-state index contributed by atoms with van der Waals surface area (Å²) < 4.78 is 37.1. The van der Waals surface area contributed by atoms with Gasteiger partial charge in [-0.1, -0.05) is 5.16 Å². The average Bonchev–Trinajstić information content (AvgIpc) is 2.99. The van der Waals surface area contributed by atoms with Gasteiger partial charge in [-0.2, -0.15) is 4.98 Å². The van der Waals surface area contributed by atoms with Crippen LogP contribution in [0.3, 0.4) is 0 Å². The third-order valence-electron chi connectivity index (χ3n) is 3.77. The maximum Gasteiger partial charge on any atom is 0.240 e. The van der Waals surface area contributed by atoms with Crippen molar-refractivity contribution in [1.82, 2.24) is 15.0 Å². The number of aromatic nitrogens is 2. The predicted molar refractivity (Wildman–Crippen MR) is 84.7 cm³/mol. The van der Waals surface area contributed by atoms with E-state index in [2.05, 4.69) is 15.0 Å². The summed E-state index contributed by atoms with van der Waals surface area (Å²) in [6.45, 7) is 2.37. The Morgan fingerprint density at radius 1 is 1.29 bits per heavy atom. The van der Waals surface area contributed by atoms with Gasteiger partial charge in [0.15, 0.2) is 17.4 Å². The molecule has 132 valence electrons. The highest BCUT2D eigenvalue weighted by molar-refractivity contribution is 5.85. The fourth-order valence-electron chi connectivity index (χ4n) is 2.57. The molecule has 0 bridgehead atoms. The standard InChI is InChI=1S/C15H18F2N4O2.ClH/c16-10-1-2-13(12(17)7-10)22-11-3-5-21(6-4-11)9-14-19-15(8-18)23-20-14;/h1-2,7,11H,3-6,8-9,18H2;1H. The van der Waals surface area contributed by atoms with Crippen molar-refractivity contribution in [2.75, 3.05) is 13.1 Å². The van der Waals surface area contributed by atoms with Gasteiger partial charge in [-0.25, -0.2) is 8.78 Å². The second-order valence-corrected chi connectivity index (χ2v) is 5.48. The molecule has 1 aliphatic rings. The van der Waals surface area contributed by atoms with Crippen LogP contribution in [0, 0.1) is 11.6 Å². The van der Waals surface area contributed by atoms with Crippen LogP contribution < -0.4 is 10.5 Å². The minimum atomic E-state index is -0.673. The first-order chi connectivity index (χ1) is 11.1. The van der Waals surface area contributed by atoms with Crippen LogP contribution in [-0.2, 0) is 13.1 Å². The molecule has 0 unspecified atom stereocenters. The summed E-state index contributed by atoms with van der Waals surface area (Å²) >= 11 is 0. The monoisotopic (exact) mass is 360 g/mol. The Labute approximate surface area is 144 Å². The lowest BCUT2D eigenvalue weighted by molar-refractivity contribution is 0.0916. The molecule has 24 heavy (non-hydrogen) atoms. The fourth-order valence-corrected chi connectivity index (χ4v) is 2.57. The molecule has 1 saturated heterocycles. The van der Waals surface area contributed by atoms with Crippen LogP contribution in [0.1, 0.15) is 24.6 Å². The third kappa shape index (κ3) is 4.62. The maximum absolute atomic E-state index is 13.6. The van der Waals surface area contributed by atoms with Gasteiger partial charge >= 0.3 is 0 Å². The summed E-state index contributed by atoms with van der Waals surface area (Å²) in [6, 6.07) is 3.35. The zero-order chi connectivity index (χ0) is 16.2. The molecular formula is C15H19ClF2N4O2. The molecule has 2 heterocycles. The molecular weight excluding hydrogens is 342 g/mol. The highest BCUT2D eigenvalue weighted by Gasteiger charge is 2.22. The van der Waals surface area contributed by atoms with E-state index in [4.69, 9.17) is 15.0 Å². The van der Waals surface area contributed by atoms with Gasteiger partial charge in [0, 0.05) is 19.2 Å². The van der Waals surface area contributed by atoms with E-state index >= 15 is 0 Å². The summed E-state index contributed by atoms with van der Waals surface area (Å²) in [6.07, 6.45) is 1.41. The van der Waals surface area contributed by atoms with Crippen LogP contribution in [0.4, 0.5) is 8.78 Å². The molecule has 1 aliphatic heterocycles. The molecule has 6 nitrogen and oxygen atoms in total. The van der Waals surface area contributed by atoms with Crippen LogP contribution >= 0.6 is 12.4 Å². The Bertz CT molecular complexity index is 663. The summed E-state index contributed by atoms with van der Waals surface area (Å²) in [5.41, 5.74) is 5.43. The van der Waals surface area contributed by atoms with Crippen molar-refractivity contribution < 1.29 is 18.0 Å². The number of ether oxygens (including phenoxy) is 1. The Morgan fingerprint density at radius 3 is 2.67 bits per heavy atom. The van der Waals surface area contributed by atoms with Crippen LogP contribution in [0.5, 0.6) is 5.75 Å². The van der Waals surface area contributed by atoms with Gasteiger partial charge in [-0.05, 0) is 25.0 Å². The molecule has 9 heteroatoms. The first-order valence-electron chi connectivity index (χ1n) is 7.49. The van der Waals surface area contributed by atoms with Crippen molar-refractivity contribution in [2.45, 2.75) is 32.0 Å². The number of hydrogen-bond donors (Lipinski definition) is 1. The van der Waals surface area contributed by atoms with Gasteiger partial charge in [0.05, 0.1) is 13.1 Å². The summed E-state index contributed by atoms with van der Waals surface area (Å²) in [5, 5.41) is 3.86. The molecule has 2 aromatic rings. The molecule has 0 atom stereocenters. The van der Waals surface area contributed by atoms with E-state index in [1.54, 1.807) is 0 Å². The van der Waals surface area contributed by atoms with Crippen LogP contribution in [0.2, 0.25) is 0 Å². The Morgan fingerprint density at radius 2 is 2.04 bits per heavy atom. The van der Waals surface area contributed by atoms with E-state index < -0.39 is 11.6 Å². The van der Waals surface area contributed by atoms with Crippen LogP contribution in [-0.4, -0.2) is 34.2 Å². The van der Waals surface area contributed by atoms with E-state index in [1.165, 1.54) is 12.1 Å². The number of benzene rings is 1. The van der Waals surface area contributed by atoms with E-state index in [1.807, 2.05) is 0 Å². The predicted octanol–water partition coefficient (Wildman–Crippen LogP) is 2.27. The molecule has 0 saturated carbocycles. The number of nitrogens with zero attached hydrogens (tertiary/aromatic N) is 3. The Kier molecular flexibility index (Phi) is 6.47. The average molecular weight is 361 g/mol. The fraction of sp³-hybridized carbons (Fsp3) is 0.467. The van der Waals surface area contributed by atoms with Crippen molar-refractivity contribution in [3.63, 3.8) is 0 Å². The second kappa shape index (κ2) is 8.36. The lowest BCUT2D eigenvalue weighted by atomic mass is 10.1. The van der Waals surface area contributed by atoms with E-state index in [9.17, 15) is 8.78 Å². The van der Waals surface area contributed by atoms with Crippen molar-refractivity contribution in [3.8, 4) is 5.75 Å². The molecule has 0 spiro atoms. The Hall–Kier alpha value is -1.77. The lowest BCUT2D eigenvalue weighted by Gasteiger charge is -2.31. The second-order valence-electron chi connectivity index (χ2n) is 5.48. The minimum absolute atomic E-state index is 0. The van der Waals surface area contributed by atoms with E-state index in [-0.39, 0.29) is 30.8 Å². The zero-order valence-electron chi connectivity index (χ0n) is 13.0. The van der Waals surface area contributed by atoms with Gasteiger partial charge in [0.2, 0.25) is 5.89 Å². The summed E-state index contributed by atoms with van der Waals surface area (Å²) in [4.78, 5) is 6.34. The van der Waals surface area contributed by atoms with E-state index in [0.717, 1.165) is 32.0 Å². The maximum atomic E-state index is 13.6. The lowest BCUT2D eigenvalue weighted by Crippen LogP contribution is -2.38. The topological polar surface area (TPSA) is 77.4 Å². The first kappa shape index (κ1) is 18.6. The zero-order valence-corrected chi connectivity index (χ0v) is 13.8. The molecule has 1 aromatic heterocycles. The summed E-state index contributed by atoms with van der Waals surface area (Å²) in [7, 11) is 0. The number of nitrogens with two attached hydrogens (primary N) is 1. The van der Waals surface area contributed by atoms with Gasteiger partial charge in [-0.3, -0.25) is 4.90 Å². The molecule has 0 radical (unpaired) electrons. The first-order valence-corrected chi connectivity index (χ1v) is 7.49. The van der Waals surface area contributed by atoms with Crippen molar-refractivity contribution in [2.24, 2.45) is 5.73 Å². The molecule has 0 aliphatic carbocycles. The Balaban J connectivity index is 0.00000208. The van der Waals surface area contributed by atoms with Crippen molar-refractivity contribution >= 4 is 12.4 Å². The highest BCUT2D eigenvalue weighted by atomic mass is 35.5. The van der Waals surface area contributed by atoms with Crippen LogP contribution in [0.25, 0.3) is 0 Å². The number of likely N-dealkylation sites (tertiary alicyclic amines) is 1. The molecule has 0 amide bonds. The van der Waals surface area contributed by atoms with Gasteiger partial charge < -0.3 is 15.0 Å². The number of piperidine rings is 1.